The SMILES string of the molecule is Cc1c(Cl)cc(S(=O)(=O)N[C@@H](C)CCc2ccco2)cc1[N+](=O)[O-]. The first-order valence-corrected chi connectivity index (χ1v) is 9.06. The summed E-state index contributed by atoms with van der Waals surface area (Å²) in [5.41, 5.74) is -0.0994. The summed E-state index contributed by atoms with van der Waals surface area (Å²) in [6, 6.07) is 5.43. The molecule has 9 heteroatoms. The lowest BCUT2D eigenvalue weighted by atomic mass is 10.2. The standard InChI is InChI=1S/C15H17ClN2O5S/c1-10(5-6-12-4-3-7-23-12)17-24(21,22)13-8-14(16)11(2)15(9-13)18(19)20/h3-4,7-10,17H,5-6H2,1-2H3/t10-/m0/s1. The third kappa shape index (κ3) is 4.34. The first kappa shape index (κ1) is 18.4. The van der Waals surface area contributed by atoms with Crippen molar-refractivity contribution >= 4 is 27.3 Å². The number of nitrogens with zero attached hydrogens (tertiary/aromatic N) is 1. The van der Waals surface area contributed by atoms with Crippen LogP contribution in [0, 0.1) is 17.0 Å². The van der Waals surface area contributed by atoms with Crippen LogP contribution in [0.3, 0.4) is 0 Å². The molecule has 0 fully saturated rings. The molecule has 0 bridgehead atoms. The van der Waals surface area contributed by atoms with Crippen molar-refractivity contribution in [3.05, 3.63) is 57.0 Å². The Morgan fingerprint density at radius 1 is 1.42 bits per heavy atom. The zero-order chi connectivity index (χ0) is 17.9. The lowest BCUT2D eigenvalue weighted by Crippen LogP contribution is -2.33. The number of nitro benzene ring substituents is 1. The first-order chi connectivity index (χ1) is 11.2. The molecule has 2 aromatic rings. The van der Waals surface area contributed by atoms with E-state index in [9.17, 15) is 18.5 Å². The fraction of sp³-hybridized carbons (Fsp3) is 0.333. The maximum atomic E-state index is 12.4. The lowest BCUT2D eigenvalue weighted by molar-refractivity contribution is -0.385. The van der Waals surface area contributed by atoms with Gasteiger partial charge in [-0.05, 0) is 38.5 Å². The molecule has 24 heavy (non-hydrogen) atoms. The Hall–Kier alpha value is -1.90. The van der Waals surface area contributed by atoms with Gasteiger partial charge >= 0.3 is 0 Å². The first-order valence-electron chi connectivity index (χ1n) is 7.20. The van der Waals surface area contributed by atoms with E-state index in [4.69, 9.17) is 16.0 Å². The zero-order valence-corrected chi connectivity index (χ0v) is 14.7. The van der Waals surface area contributed by atoms with E-state index in [1.165, 1.54) is 13.0 Å². The summed E-state index contributed by atoms with van der Waals surface area (Å²) in [5.74, 6) is 0.759. The Morgan fingerprint density at radius 2 is 2.12 bits per heavy atom. The van der Waals surface area contributed by atoms with Crippen molar-refractivity contribution in [3.8, 4) is 0 Å². The summed E-state index contributed by atoms with van der Waals surface area (Å²) in [5, 5.41) is 11.1. The number of hydrogen-bond acceptors (Lipinski definition) is 5. The highest BCUT2D eigenvalue weighted by atomic mass is 35.5. The molecule has 0 unspecified atom stereocenters. The van der Waals surface area contributed by atoms with Gasteiger partial charge in [-0.15, -0.1) is 0 Å². The molecule has 130 valence electrons. The quantitative estimate of drug-likeness (QED) is 0.592. The molecular formula is C15H17ClN2O5S. The molecule has 0 saturated carbocycles. The lowest BCUT2D eigenvalue weighted by Gasteiger charge is -2.14. The van der Waals surface area contributed by atoms with Crippen molar-refractivity contribution < 1.29 is 17.8 Å². The number of rotatable bonds is 7. The number of furan rings is 1. The Kier molecular flexibility index (Phi) is 5.63. The van der Waals surface area contributed by atoms with Crippen molar-refractivity contribution in [2.75, 3.05) is 0 Å². The molecule has 0 radical (unpaired) electrons. The second kappa shape index (κ2) is 7.33. The van der Waals surface area contributed by atoms with Crippen molar-refractivity contribution in [3.63, 3.8) is 0 Å². The highest BCUT2D eigenvalue weighted by Crippen LogP contribution is 2.29. The Bertz CT molecular complexity index is 834. The largest absolute Gasteiger partial charge is 0.469 e. The van der Waals surface area contributed by atoms with Gasteiger partial charge in [-0.3, -0.25) is 10.1 Å². The predicted octanol–water partition coefficient (Wildman–Crippen LogP) is 3.45. The zero-order valence-electron chi connectivity index (χ0n) is 13.2. The average molecular weight is 373 g/mol. The molecule has 1 heterocycles. The van der Waals surface area contributed by atoms with E-state index in [2.05, 4.69) is 4.72 Å². The molecule has 1 atom stereocenters. The van der Waals surface area contributed by atoms with Crippen LogP contribution in [-0.4, -0.2) is 19.4 Å². The van der Waals surface area contributed by atoms with Gasteiger partial charge in [0.25, 0.3) is 5.69 Å². The minimum Gasteiger partial charge on any atom is -0.469 e. The molecule has 0 aliphatic rings. The monoisotopic (exact) mass is 372 g/mol. The van der Waals surface area contributed by atoms with Crippen LogP contribution in [0.4, 0.5) is 5.69 Å². The minimum absolute atomic E-state index is 0.0350. The topological polar surface area (TPSA) is 102 Å². The third-order valence-corrected chi connectivity index (χ3v) is 5.52. The highest BCUT2D eigenvalue weighted by molar-refractivity contribution is 7.89. The van der Waals surface area contributed by atoms with E-state index < -0.39 is 14.9 Å². The van der Waals surface area contributed by atoms with Crippen LogP contribution >= 0.6 is 11.6 Å². The van der Waals surface area contributed by atoms with Gasteiger partial charge in [0.1, 0.15) is 5.76 Å². The average Bonchev–Trinajstić information content (AvgIpc) is 3.00. The van der Waals surface area contributed by atoms with E-state index in [0.29, 0.717) is 12.8 Å². The van der Waals surface area contributed by atoms with Gasteiger partial charge in [0.15, 0.2) is 0 Å². The van der Waals surface area contributed by atoms with Crippen LogP contribution < -0.4 is 4.72 Å². The Balaban J connectivity index is 2.16. The fourth-order valence-corrected chi connectivity index (χ4v) is 3.79. The summed E-state index contributed by atoms with van der Waals surface area (Å²) in [6.45, 7) is 3.18. The summed E-state index contributed by atoms with van der Waals surface area (Å²) in [4.78, 5) is 10.2. The fourth-order valence-electron chi connectivity index (χ4n) is 2.19. The van der Waals surface area contributed by atoms with E-state index in [0.717, 1.165) is 11.8 Å². The van der Waals surface area contributed by atoms with Gasteiger partial charge in [-0.1, -0.05) is 11.6 Å². The molecule has 1 aromatic heterocycles. The van der Waals surface area contributed by atoms with E-state index in [-0.39, 0.29) is 27.2 Å². The van der Waals surface area contributed by atoms with Crippen molar-refractivity contribution in [2.24, 2.45) is 0 Å². The van der Waals surface area contributed by atoms with Crippen molar-refractivity contribution in [1.82, 2.24) is 4.72 Å². The van der Waals surface area contributed by atoms with Crippen LogP contribution in [-0.2, 0) is 16.4 Å². The van der Waals surface area contributed by atoms with Gasteiger partial charge in [0.05, 0.1) is 21.1 Å². The highest BCUT2D eigenvalue weighted by Gasteiger charge is 2.23. The Labute approximate surface area is 144 Å². The van der Waals surface area contributed by atoms with Gasteiger partial charge in [-0.2, -0.15) is 0 Å². The van der Waals surface area contributed by atoms with Gasteiger partial charge in [-0.25, -0.2) is 13.1 Å². The second-order valence-corrected chi connectivity index (χ2v) is 7.57. The molecule has 1 N–H and O–H groups in total. The van der Waals surface area contributed by atoms with Crippen LogP contribution in [0.5, 0.6) is 0 Å². The molecule has 7 nitrogen and oxygen atoms in total. The second-order valence-electron chi connectivity index (χ2n) is 5.45. The minimum atomic E-state index is -3.92. The van der Waals surface area contributed by atoms with E-state index >= 15 is 0 Å². The maximum Gasteiger partial charge on any atom is 0.275 e. The molecule has 2 rings (SSSR count). The molecule has 1 aromatic carbocycles. The summed E-state index contributed by atoms with van der Waals surface area (Å²) < 4.78 is 32.6. The summed E-state index contributed by atoms with van der Waals surface area (Å²) in [7, 11) is -3.92. The Morgan fingerprint density at radius 3 is 2.71 bits per heavy atom. The number of nitro groups is 1. The smallest absolute Gasteiger partial charge is 0.275 e. The maximum absolute atomic E-state index is 12.4. The van der Waals surface area contributed by atoms with Gasteiger partial charge < -0.3 is 4.42 Å². The van der Waals surface area contributed by atoms with Crippen LogP contribution in [0.2, 0.25) is 5.02 Å². The van der Waals surface area contributed by atoms with Crippen LogP contribution in [0.1, 0.15) is 24.7 Å². The molecule has 0 aliphatic carbocycles. The molecular weight excluding hydrogens is 356 g/mol. The molecule has 0 spiro atoms. The number of hydrogen-bond donors (Lipinski definition) is 1. The summed E-state index contributed by atoms with van der Waals surface area (Å²) in [6.07, 6.45) is 2.65. The summed E-state index contributed by atoms with van der Waals surface area (Å²) >= 11 is 5.93. The van der Waals surface area contributed by atoms with Gasteiger partial charge in [0.2, 0.25) is 10.0 Å². The predicted molar refractivity (Wildman–Crippen MR) is 89.7 cm³/mol. The van der Waals surface area contributed by atoms with E-state index in [1.54, 1.807) is 19.3 Å². The van der Waals surface area contributed by atoms with E-state index in [1.807, 2.05) is 6.07 Å². The number of sulfonamides is 1. The van der Waals surface area contributed by atoms with Crippen LogP contribution in [0.25, 0.3) is 0 Å². The third-order valence-electron chi connectivity index (χ3n) is 3.56. The van der Waals surface area contributed by atoms with Crippen LogP contribution in [0.15, 0.2) is 39.8 Å². The molecule has 0 saturated heterocycles. The number of halogens is 1. The van der Waals surface area contributed by atoms with Gasteiger partial charge in [0, 0.05) is 24.1 Å². The van der Waals surface area contributed by atoms with Crippen molar-refractivity contribution in [1.29, 1.82) is 0 Å². The number of aryl methyl sites for hydroxylation is 1. The molecule has 0 aliphatic heterocycles. The normalized spacial score (nSPS) is 13.0. The molecule has 0 amide bonds. The number of nitrogens with one attached hydrogen (secondary N) is 1. The van der Waals surface area contributed by atoms with Crippen molar-refractivity contribution in [2.45, 2.75) is 37.6 Å². The number of benzene rings is 1.